The molecule has 48 heavy (non-hydrogen) atoms. The molecule has 2 aromatic rings. The maximum absolute atomic E-state index is 15.8. The van der Waals surface area contributed by atoms with E-state index in [1.165, 1.54) is 48.6 Å². The van der Waals surface area contributed by atoms with Gasteiger partial charge in [-0.25, -0.2) is 28.4 Å². The predicted octanol–water partition coefficient (Wildman–Crippen LogP) is 5.80. The van der Waals surface area contributed by atoms with Gasteiger partial charge in [0, 0.05) is 33.2 Å². The zero-order valence-corrected chi connectivity index (χ0v) is 30.4. The lowest BCUT2D eigenvalue weighted by atomic mass is 9.84. The number of halogens is 2. The molecule has 2 amide bonds. The number of thioether (sulfide) groups is 1. The first-order valence-corrected chi connectivity index (χ1v) is 20.1. The van der Waals surface area contributed by atoms with Crippen LogP contribution in [-0.2, 0) is 19.8 Å². The summed E-state index contributed by atoms with van der Waals surface area (Å²) in [7, 11) is 0.0995. The first-order chi connectivity index (χ1) is 22.4. The van der Waals surface area contributed by atoms with E-state index in [0.717, 1.165) is 17.8 Å². The average Bonchev–Trinajstić information content (AvgIpc) is 3.76. The number of hydrogen-bond acceptors (Lipinski definition) is 9. The number of hydrogen-bond donors (Lipinski definition) is 2. The molecule has 258 valence electrons. The van der Waals surface area contributed by atoms with Crippen molar-refractivity contribution in [3.63, 3.8) is 0 Å². The number of rotatable bonds is 9. The molecule has 2 heterocycles. The van der Waals surface area contributed by atoms with Gasteiger partial charge in [0.15, 0.2) is 11.0 Å². The van der Waals surface area contributed by atoms with E-state index in [4.69, 9.17) is 19.6 Å². The summed E-state index contributed by atoms with van der Waals surface area (Å²) >= 11 is 1.15. The van der Waals surface area contributed by atoms with Crippen molar-refractivity contribution in [3.05, 3.63) is 58.9 Å². The zero-order chi connectivity index (χ0) is 35.5. The van der Waals surface area contributed by atoms with Crippen molar-refractivity contribution >= 4 is 48.9 Å². The van der Waals surface area contributed by atoms with E-state index in [0.29, 0.717) is 18.6 Å². The smallest absolute Gasteiger partial charge is 0.418 e. The van der Waals surface area contributed by atoms with Crippen molar-refractivity contribution < 1.29 is 33.0 Å². The number of amides is 2. The maximum atomic E-state index is 15.8. The summed E-state index contributed by atoms with van der Waals surface area (Å²) in [6.45, 7) is 13.5. The Morgan fingerprint density at radius 2 is 1.98 bits per heavy atom. The molecule has 0 saturated heterocycles. The van der Waals surface area contributed by atoms with Crippen LogP contribution in [0.4, 0.5) is 13.6 Å². The number of ether oxygens (including phenoxy) is 2. The summed E-state index contributed by atoms with van der Waals surface area (Å²) in [5, 5.41) is 11.8. The van der Waals surface area contributed by atoms with Crippen molar-refractivity contribution in [2.45, 2.75) is 75.7 Å². The third-order valence-corrected chi connectivity index (χ3v) is 11.1. The quantitative estimate of drug-likeness (QED) is 0.146. The fourth-order valence-corrected chi connectivity index (χ4v) is 7.64. The van der Waals surface area contributed by atoms with Crippen LogP contribution in [0.15, 0.2) is 35.6 Å². The normalized spacial score (nSPS) is 22.1. The Labute approximate surface area is 285 Å². The number of carbonyl (C=O) groups is 2. The van der Waals surface area contributed by atoms with E-state index in [2.05, 4.69) is 46.8 Å². The summed E-state index contributed by atoms with van der Waals surface area (Å²) in [5.74, 6) is 3.04. The molecule has 4 rings (SSSR count). The second kappa shape index (κ2) is 14.5. The van der Waals surface area contributed by atoms with Gasteiger partial charge in [0.25, 0.3) is 0 Å². The third-order valence-electron chi connectivity index (χ3n) is 7.88. The monoisotopic (exact) mass is 699 g/mol. The van der Waals surface area contributed by atoms with Gasteiger partial charge in [-0.2, -0.15) is 0 Å². The summed E-state index contributed by atoms with van der Waals surface area (Å²) in [6.07, 6.45) is 3.37. The highest BCUT2D eigenvalue weighted by atomic mass is 32.2. The van der Waals surface area contributed by atoms with Gasteiger partial charge in [0.05, 0.1) is 17.9 Å². The molecule has 1 aliphatic heterocycles. The number of fused-ring (bicyclic) bond motifs is 1. The van der Waals surface area contributed by atoms with E-state index >= 15 is 8.78 Å². The Morgan fingerprint density at radius 1 is 1.25 bits per heavy atom. The van der Waals surface area contributed by atoms with Gasteiger partial charge >= 0.3 is 6.09 Å². The molecule has 14 heteroatoms. The Kier molecular flexibility index (Phi) is 11.2. The van der Waals surface area contributed by atoms with Crippen LogP contribution in [0.1, 0.15) is 56.6 Å². The number of aliphatic imine (C=N–C) groups is 1. The molecule has 1 aromatic heterocycles. The van der Waals surface area contributed by atoms with Crippen molar-refractivity contribution in [2.24, 2.45) is 10.9 Å². The van der Waals surface area contributed by atoms with Gasteiger partial charge in [-0.3, -0.25) is 9.79 Å². The Bertz CT molecular complexity index is 1660. The van der Waals surface area contributed by atoms with Crippen molar-refractivity contribution in [1.29, 1.82) is 0 Å². The number of amidine groups is 1. The van der Waals surface area contributed by atoms with Crippen molar-refractivity contribution in [2.75, 3.05) is 27.0 Å². The fourth-order valence-electron chi connectivity index (χ4n) is 5.27. The Hall–Kier alpha value is -3.64. The number of carbonyl (C=O) groups excluding carboxylic acids is 2. The molecular weight excluding hydrogens is 657 g/mol. The predicted molar refractivity (Wildman–Crippen MR) is 186 cm³/mol. The number of nitrogens with one attached hydrogen (secondary N) is 1. The average molecular weight is 700 g/mol. The molecule has 3 atom stereocenters. The fraction of sp³-hybridized carbons (Fsp3) is 0.500. The van der Waals surface area contributed by atoms with Crippen molar-refractivity contribution in [1.82, 2.24) is 20.2 Å². The lowest BCUT2D eigenvalue weighted by Gasteiger charge is -2.37. The van der Waals surface area contributed by atoms with Crippen LogP contribution in [-0.4, -0.2) is 82.6 Å². The number of aliphatic hydroxyl groups excluding tert-OH is 1. The van der Waals surface area contributed by atoms with Gasteiger partial charge in [-0.1, -0.05) is 43.4 Å². The molecule has 1 aromatic carbocycles. The molecule has 0 radical (unpaired) electrons. The summed E-state index contributed by atoms with van der Waals surface area (Å²) < 4.78 is 41.8. The van der Waals surface area contributed by atoms with E-state index in [1.807, 2.05) is 0 Å². The first kappa shape index (κ1) is 37.2. The standard InChI is InChI=1S/C34H43F2N5O5SSi/c1-32(2,3)46-31(44)41(21-45-14-15-48(6,7)8)30-40-33(4,28-18-34(28,47-30)29(43)37-5)24-16-22(11-12-25(24)35)17-26(36)27-20-38-23(19-39-27)10-9-13-42/h11-12,16-17,19-20,28,42H,13-15,18,21H2,1-8H3,(H,37,43)/b26-17-/t28-,33+,34-/m0/s1. The highest BCUT2D eigenvalue weighted by Gasteiger charge is 2.71. The lowest BCUT2D eigenvalue weighted by Crippen LogP contribution is -2.48. The molecule has 0 unspecified atom stereocenters. The number of aliphatic hydroxyl groups is 1. The molecular formula is C34H43F2N5O5SSi. The minimum Gasteiger partial charge on any atom is -0.443 e. The van der Waals surface area contributed by atoms with E-state index in [9.17, 15) is 9.59 Å². The van der Waals surface area contributed by atoms with Gasteiger partial charge in [0.2, 0.25) is 5.91 Å². The summed E-state index contributed by atoms with van der Waals surface area (Å²) in [4.78, 5) is 41.3. The minimum atomic E-state index is -1.43. The summed E-state index contributed by atoms with van der Waals surface area (Å²) in [5.41, 5.74) is -1.46. The van der Waals surface area contributed by atoms with Crippen LogP contribution < -0.4 is 5.32 Å². The molecule has 1 aliphatic carbocycles. The number of aromatic nitrogens is 2. The van der Waals surface area contributed by atoms with Crippen LogP contribution in [0.2, 0.25) is 25.7 Å². The van der Waals surface area contributed by atoms with E-state index in [-0.39, 0.29) is 41.4 Å². The molecule has 0 bridgehead atoms. The van der Waals surface area contributed by atoms with E-state index in [1.54, 1.807) is 27.7 Å². The number of nitrogens with zero attached hydrogens (tertiary/aromatic N) is 4. The molecule has 1 saturated carbocycles. The lowest BCUT2D eigenvalue weighted by molar-refractivity contribution is -0.121. The summed E-state index contributed by atoms with van der Waals surface area (Å²) in [6, 6.07) is 5.02. The van der Waals surface area contributed by atoms with Crippen LogP contribution in [0.5, 0.6) is 0 Å². The molecule has 10 nitrogen and oxygen atoms in total. The second-order valence-electron chi connectivity index (χ2n) is 14.1. The van der Waals surface area contributed by atoms with Crippen LogP contribution in [0.3, 0.4) is 0 Å². The van der Waals surface area contributed by atoms with Gasteiger partial charge in [-0.15, -0.1) is 0 Å². The van der Waals surface area contributed by atoms with Crippen molar-refractivity contribution in [3.8, 4) is 11.8 Å². The van der Waals surface area contributed by atoms with Gasteiger partial charge in [-0.05, 0) is 69.9 Å². The second-order valence-corrected chi connectivity index (χ2v) is 21.0. The first-order valence-electron chi connectivity index (χ1n) is 15.6. The Morgan fingerprint density at radius 3 is 2.58 bits per heavy atom. The van der Waals surface area contributed by atoms with Gasteiger partial charge in [0.1, 0.15) is 40.9 Å². The topological polar surface area (TPSA) is 126 Å². The van der Waals surface area contributed by atoms with Crippen LogP contribution >= 0.6 is 11.8 Å². The van der Waals surface area contributed by atoms with Gasteiger partial charge < -0.3 is 19.9 Å². The molecule has 0 spiro atoms. The highest BCUT2D eigenvalue weighted by molar-refractivity contribution is 8.16. The minimum absolute atomic E-state index is 0.0565. The molecule has 2 N–H and O–H groups in total. The van der Waals surface area contributed by atoms with E-state index < -0.39 is 47.6 Å². The third kappa shape index (κ3) is 8.68. The highest BCUT2D eigenvalue weighted by Crippen LogP contribution is 2.66. The molecule has 1 fully saturated rings. The van der Waals surface area contributed by atoms with Crippen LogP contribution in [0, 0.1) is 23.6 Å². The van der Waals surface area contributed by atoms with Crippen LogP contribution in [0.25, 0.3) is 11.9 Å². The SMILES string of the molecule is CNC(=O)[C@]12C[C@H]1[C@@](C)(c1cc(/C=C(\F)c3cnc(C#CCO)cn3)ccc1F)N=C(N(COCC[Si](C)(C)C)C(=O)OC(C)(C)C)S2. The Balaban J connectivity index is 1.76. The zero-order valence-electron chi connectivity index (χ0n) is 28.6. The number of benzene rings is 1. The maximum Gasteiger partial charge on any atom is 0.418 e. The molecule has 2 aliphatic rings. The largest absolute Gasteiger partial charge is 0.443 e.